The first-order valence-corrected chi connectivity index (χ1v) is 14.0. The van der Waals surface area contributed by atoms with Gasteiger partial charge >= 0.3 is 0 Å². The summed E-state index contributed by atoms with van der Waals surface area (Å²) in [5.41, 5.74) is 1.82. The second-order valence-electron chi connectivity index (χ2n) is 9.71. The molecule has 3 aromatic heterocycles. The highest BCUT2D eigenvalue weighted by Gasteiger charge is 2.51. The van der Waals surface area contributed by atoms with Gasteiger partial charge in [0.2, 0.25) is 5.95 Å². The summed E-state index contributed by atoms with van der Waals surface area (Å²) >= 11 is 1.63. The zero-order chi connectivity index (χ0) is 24.3. The Morgan fingerprint density at radius 1 is 1.17 bits per heavy atom. The van der Waals surface area contributed by atoms with Crippen LogP contribution in [0.4, 0.5) is 17.6 Å². The van der Waals surface area contributed by atoms with Crippen molar-refractivity contribution < 1.29 is 8.42 Å². The smallest absolute Gasteiger partial charge is 0.282 e. The highest BCUT2D eigenvalue weighted by Crippen LogP contribution is 2.41. The number of nitriles is 1. The maximum absolute atomic E-state index is 13.2. The van der Waals surface area contributed by atoms with Crippen molar-refractivity contribution in [2.45, 2.75) is 57.7 Å². The summed E-state index contributed by atoms with van der Waals surface area (Å²) in [5.74, 6) is 1.74. The van der Waals surface area contributed by atoms with Gasteiger partial charge in [0.15, 0.2) is 11.6 Å². The van der Waals surface area contributed by atoms with Crippen LogP contribution in [0.3, 0.4) is 0 Å². The zero-order valence-corrected chi connectivity index (χ0v) is 21.2. The van der Waals surface area contributed by atoms with Gasteiger partial charge in [0.1, 0.15) is 0 Å². The summed E-state index contributed by atoms with van der Waals surface area (Å²) in [6.45, 7) is 4.60. The Morgan fingerprint density at radius 2 is 1.91 bits per heavy atom. The largest absolute Gasteiger partial charge is 0.351 e. The minimum atomic E-state index is -3.53. The number of nitrogens with one attached hydrogen (secondary N) is 3. The molecular weight excluding hydrogens is 486 g/mol. The molecule has 3 saturated heterocycles. The molecule has 0 amide bonds. The van der Waals surface area contributed by atoms with Gasteiger partial charge in [-0.3, -0.25) is 5.10 Å². The van der Waals surface area contributed by atoms with Crippen molar-refractivity contribution in [2.75, 3.05) is 23.7 Å². The van der Waals surface area contributed by atoms with Gasteiger partial charge in [-0.05, 0) is 45.6 Å². The van der Waals surface area contributed by atoms with E-state index in [4.69, 9.17) is 15.2 Å². The lowest BCUT2D eigenvalue weighted by Crippen LogP contribution is -2.59. The van der Waals surface area contributed by atoms with Crippen molar-refractivity contribution >= 4 is 49.3 Å². The monoisotopic (exact) mass is 513 g/mol. The van der Waals surface area contributed by atoms with Gasteiger partial charge in [0, 0.05) is 47.9 Å². The van der Waals surface area contributed by atoms with E-state index in [1.54, 1.807) is 15.6 Å². The number of aryl methyl sites for hydroxylation is 2. The number of aromatic nitrogens is 4. The Hall–Kier alpha value is -2.79. The fourth-order valence-electron chi connectivity index (χ4n) is 5.45. The summed E-state index contributed by atoms with van der Waals surface area (Å²) in [4.78, 5) is 10.7. The molecule has 2 atom stereocenters. The average Bonchev–Trinajstić information content (AvgIpc) is 3.42. The third kappa shape index (κ3) is 4.04. The number of thiophene rings is 1. The SMILES string of the molecule is Cc1cc(Nc2nc(NC3CC4CCC(C3)N4S(=O)(=O)N3CC(C#N)C3)nc3cc(C)sc23)n[nH]1. The van der Waals surface area contributed by atoms with Crippen LogP contribution in [0.25, 0.3) is 10.2 Å². The van der Waals surface area contributed by atoms with Crippen LogP contribution in [0, 0.1) is 31.1 Å². The number of H-pyrrole nitrogens is 1. The topological polar surface area (TPSA) is 143 Å². The number of fused-ring (bicyclic) bond motifs is 3. The molecule has 6 rings (SSSR count). The lowest BCUT2D eigenvalue weighted by Gasteiger charge is -2.43. The molecule has 11 nitrogen and oxygen atoms in total. The normalized spacial score (nSPS) is 25.5. The van der Waals surface area contributed by atoms with Crippen LogP contribution in [0.15, 0.2) is 12.1 Å². The van der Waals surface area contributed by atoms with Crippen molar-refractivity contribution in [1.82, 2.24) is 28.8 Å². The van der Waals surface area contributed by atoms with Crippen molar-refractivity contribution in [3.63, 3.8) is 0 Å². The van der Waals surface area contributed by atoms with E-state index in [0.29, 0.717) is 43.5 Å². The van der Waals surface area contributed by atoms with E-state index in [0.717, 1.165) is 33.6 Å². The number of hydrogen-bond acceptors (Lipinski definition) is 9. The number of piperidine rings is 1. The van der Waals surface area contributed by atoms with Crippen LogP contribution in [0.2, 0.25) is 0 Å². The zero-order valence-electron chi connectivity index (χ0n) is 19.5. The van der Waals surface area contributed by atoms with Gasteiger partial charge in [-0.2, -0.15) is 32.4 Å². The maximum atomic E-state index is 13.2. The molecule has 13 heteroatoms. The second kappa shape index (κ2) is 8.41. The van der Waals surface area contributed by atoms with Gasteiger partial charge in [0.25, 0.3) is 10.2 Å². The molecule has 3 N–H and O–H groups in total. The molecule has 0 radical (unpaired) electrons. The minimum absolute atomic E-state index is 0.0471. The third-order valence-electron chi connectivity index (χ3n) is 7.07. The predicted octanol–water partition coefficient (Wildman–Crippen LogP) is 2.88. The standard InChI is InChI=1S/C22H27N9O2S2/c1-12-5-19(29-28-12)26-21-20-18(6-13(2)34-20)25-22(27-21)24-15-7-16-3-4-17(8-15)31(16)35(32,33)30-10-14(9-23)11-30/h5-6,14-17H,3-4,7-8,10-11H2,1-2H3,(H3,24,25,26,27,28,29). The molecule has 0 aromatic carbocycles. The molecule has 0 saturated carbocycles. The van der Waals surface area contributed by atoms with E-state index in [1.165, 1.54) is 4.31 Å². The molecule has 6 heterocycles. The molecule has 3 fully saturated rings. The summed E-state index contributed by atoms with van der Waals surface area (Å²) in [6, 6.07) is 6.12. The first-order chi connectivity index (χ1) is 16.8. The Kier molecular flexibility index (Phi) is 5.44. The second-order valence-corrected chi connectivity index (χ2v) is 12.8. The Labute approximate surface area is 207 Å². The highest BCUT2D eigenvalue weighted by atomic mass is 32.2. The quantitative estimate of drug-likeness (QED) is 0.457. The Morgan fingerprint density at radius 3 is 2.57 bits per heavy atom. The molecule has 35 heavy (non-hydrogen) atoms. The van der Waals surface area contributed by atoms with E-state index in [9.17, 15) is 8.42 Å². The van der Waals surface area contributed by atoms with Gasteiger partial charge in [-0.15, -0.1) is 11.3 Å². The number of hydrogen-bond donors (Lipinski definition) is 3. The van der Waals surface area contributed by atoms with E-state index >= 15 is 0 Å². The van der Waals surface area contributed by atoms with E-state index in [-0.39, 0.29) is 24.0 Å². The fraction of sp³-hybridized carbons (Fsp3) is 0.545. The van der Waals surface area contributed by atoms with Gasteiger partial charge in [-0.25, -0.2) is 4.98 Å². The van der Waals surface area contributed by atoms with Gasteiger partial charge in [0.05, 0.1) is 22.2 Å². The van der Waals surface area contributed by atoms with E-state index in [2.05, 4.69) is 26.9 Å². The van der Waals surface area contributed by atoms with Crippen molar-refractivity contribution in [3.8, 4) is 6.07 Å². The highest BCUT2D eigenvalue weighted by molar-refractivity contribution is 7.86. The van der Waals surface area contributed by atoms with E-state index < -0.39 is 10.2 Å². The molecule has 3 aliphatic heterocycles. The summed E-state index contributed by atoms with van der Waals surface area (Å²) < 4.78 is 30.5. The predicted molar refractivity (Wildman–Crippen MR) is 134 cm³/mol. The Balaban J connectivity index is 1.21. The number of rotatable bonds is 6. The lowest BCUT2D eigenvalue weighted by atomic mass is 10.00. The van der Waals surface area contributed by atoms with Crippen molar-refractivity contribution in [2.24, 2.45) is 5.92 Å². The van der Waals surface area contributed by atoms with Crippen molar-refractivity contribution in [1.29, 1.82) is 5.26 Å². The Bertz CT molecular complexity index is 1410. The van der Waals surface area contributed by atoms with Crippen molar-refractivity contribution in [3.05, 3.63) is 22.7 Å². The maximum Gasteiger partial charge on any atom is 0.282 e. The van der Waals surface area contributed by atoms with Gasteiger partial charge in [-0.1, -0.05) is 0 Å². The number of nitrogens with zero attached hydrogens (tertiary/aromatic N) is 6. The third-order valence-corrected chi connectivity index (χ3v) is 10.2. The number of aromatic amines is 1. The molecule has 0 spiro atoms. The van der Waals surface area contributed by atoms with E-state index in [1.807, 2.05) is 26.0 Å². The van der Waals surface area contributed by atoms with Crippen LogP contribution in [0.5, 0.6) is 0 Å². The molecule has 0 aliphatic carbocycles. The first-order valence-electron chi connectivity index (χ1n) is 11.8. The van der Waals surface area contributed by atoms with Crippen LogP contribution in [-0.4, -0.2) is 68.4 Å². The summed E-state index contributed by atoms with van der Waals surface area (Å²) in [5, 5.41) is 23.0. The van der Waals surface area contributed by atoms with Crippen LogP contribution in [-0.2, 0) is 10.2 Å². The molecule has 184 valence electrons. The molecule has 3 aliphatic rings. The molecular formula is C22H27N9O2S2. The summed E-state index contributed by atoms with van der Waals surface area (Å²) in [7, 11) is -3.53. The average molecular weight is 514 g/mol. The number of anilines is 3. The summed E-state index contributed by atoms with van der Waals surface area (Å²) in [6.07, 6.45) is 3.12. The van der Waals surface area contributed by atoms with Gasteiger partial charge < -0.3 is 10.6 Å². The molecule has 2 unspecified atom stereocenters. The fourth-order valence-corrected chi connectivity index (χ4v) is 8.49. The first kappa shape index (κ1) is 22.7. The minimum Gasteiger partial charge on any atom is -0.351 e. The molecule has 3 aromatic rings. The lowest BCUT2D eigenvalue weighted by molar-refractivity contribution is 0.182. The molecule has 2 bridgehead atoms. The van der Waals surface area contributed by atoms with Crippen LogP contribution in [0.1, 0.15) is 36.3 Å². The van der Waals surface area contributed by atoms with Crippen LogP contribution < -0.4 is 10.6 Å². The van der Waals surface area contributed by atoms with Crippen LogP contribution >= 0.6 is 11.3 Å².